The summed E-state index contributed by atoms with van der Waals surface area (Å²) in [6.45, 7) is 3.34. The van der Waals surface area contributed by atoms with Gasteiger partial charge < -0.3 is 10.6 Å². The maximum absolute atomic E-state index is 12.2. The van der Waals surface area contributed by atoms with E-state index < -0.39 is 10.0 Å². The SMILES string of the molecule is CC(=O)NCc1ccc(S(=O)(=O)N[C@@H]2CCNC2)cc1. The second-order valence-electron chi connectivity index (χ2n) is 4.86. The third-order valence-corrected chi connectivity index (χ3v) is 4.69. The maximum Gasteiger partial charge on any atom is 0.240 e. The first-order valence-corrected chi connectivity index (χ1v) is 8.02. The summed E-state index contributed by atoms with van der Waals surface area (Å²) in [6, 6.07) is 6.48. The van der Waals surface area contributed by atoms with Gasteiger partial charge in [0.05, 0.1) is 4.90 Å². The number of hydrogen-bond acceptors (Lipinski definition) is 4. The Morgan fingerprint density at radius 1 is 1.35 bits per heavy atom. The molecule has 7 heteroatoms. The van der Waals surface area contributed by atoms with E-state index in [4.69, 9.17) is 0 Å². The van der Waals surface area contributed by atoms with Gasteiger partial charge in [-0.2, -0.15) is 0 Å². The normalized spacial score (nSPS) is 18.9. The maximum atomic E-state index is 12.2. The van der Waals surface area contributed by atoms with Crippen LogP contribution in [0.1, 0.15) is 18.9 Å². The lowest BCUT2D eigenvalue weighted by molar-refractivity contribution is -0.119. The molecule has 0 radical (unpaired) electrons. The van der Waals surface area contributed by atoms with Gasteiger partial charge in [0.2, 0.25) is 15.9 Å². The molecule has 0 saturated carbocycles. The molecule has 1 heterocycles. The smallest absolute Gasteiger partial charge is 0.240 e. The van der Waals surface area contributed by atoms with Gasteiger partial charge in [-0.25, -0.2) is 13.1 Å². The first-order valence-electron chi connectivity index (χ1n) is 6.54. The molecule has 0 bridgehead atoms. The highest BCUT2D eigenvalue weighted by Crippen LogP contribution is 2.12. The van der Waals surface area contributed by atoms with Crippen molar-refractivity contribution in [2.75, 3.05) is 13.1 Å². The van der Waals surface area contributed by atoms with Crippen LogP contribution >= 0.6 is 0 Å². The van der Waals surface area contributed by atoms with E-state index in [1.165, 1.54) is 6.92 Å². The largest absolute Gasteiger partial charge is 0.352 e. The molecule has 20 heavy (non-hydrogen) atoms. The van der Waals surface area contributed by atoms with E-state index in [-0.39, 0.29) is 16.8 Å². The highest BCUT2D eigenvalue weighted by molar-refractivity contribution is 7.89. The molecule has 1 amide bonds. The quantitative estimate of drug-likeness (QED) is 0.712. The zero-order valence-electron chi connectivity index (χ0n) is 11.3. The minimum Gasteiger partial charge on any atom is -0.352 e. The molecule has 0 unspecified atom stereocenters. The van der Waals surface area contributed by atoms with Gasteiger partial charge in [0.15, 0.2) is 0 Å². The van der Waals surface area contributed by atoms with Crippen molar-refractivity contribution in [2.45, 2.75) is 30.8 Å². The fourth-order valence-electron chi connectivity index (χ4n) is 2.06. The number of nitrogens with one attached hydrogen (secondary N) is 3. The highest BCUT2D eigenvalue weighted by Gasteiger charge is 2.22. The van der Waals surface area contributed by atoms with Gasteiger partial charge >= 0.3 is 0 Å². The summed E-state index contributed by atoms with van der Waals surface area (Å²) >= 11 is 0. The lowest BCUT2D eigenvalue weighted by Crippen LogP contribution is -2.36. The summed E-state index contributed by atoms with van der Waals surface area (Å²) in [5.41, 5.74) is 0.863. The molecular weight excluding hydrogens is 278 g/mol. The van der Waals surface area contributed by atoms with Crippen molar-refractivity contribution in [1.82, 2.24) is 15.4 Å². The zero-order chi connectivity index (χ0) is 14.6. The summed E-state index contributed by atoms with van der Waals surface area (Å²) in [7, 11) is -3.47. The van der Waals surface area contributed by atoms with E-state index in [2.05, 4.69) is 15.4 Å². The number of sulfonamides is 1. The fourth-order valence-corrected chi connectivity index (χ4v) is 3.33. The third kappa shape index (κ3) is 4.03. The van der Waals surface area contributed by atoms with E-state index in [1.54, 1.807) is 24.3 Å². The molecule has 110 valence electrons. The van der Waals surface area contributed by atoms with E-state index in [9.17, 15) is 13.2 Å². The average Bonchev–Trinajstić information content (AvgIpc) is 2.89. The van der Waals surface area contributed by atoms with Gasteiger partial charge in [0.1, 0.15) is 0 Å². The van der Waals surface area contributed by atoms with Crippen LogP contribution in [0.5, 0.6) is 0 Å². The number of hydrogen-bond donors (Lipinski definition) is 3. The number of amides is 1. The van der Waals surface area contributed by atoms with Crippen molar-refractivity contribution in [2.24, 2.45) is 0 Å². The summed E-state index contributed by atoms with van der Waals surface area (Å²) < 4.78 is 27.0. The van der Waals surface area contributed by atoms with Crippen molar-refractivity contribution >= 4 is 15.9 Å². The monoisotopic (exact) mass is 297 g/mol. The number of carbonyl (C=O) groups excluding carboxylic acids is 1. The van der Waals surface area contributed by atoms with Gasteiger partial charge in [-0.1, -0.05) is 12.1 Å². The van der Waals surface area contributed by atoms with Crippen LogP contribution in [0.2, 0.25) is 0 Å². The van der Waals surface area contributed by atoms with Gasteiger partial charge in [-0.05, 0) is 30.7 Å². The molecule has 1 aliphatic heterocycles. The molecule has 0 aromatic heterocycles. The van der Waals surface area contributed by atoms with Gasteiger partial charge in [-0.15, -0.1) is 0 Å². The first kappa shape index (κ1) is 15.0. The minimum absolute atomic E-state index is 0.0425. The number of benzene rings is 1. The van der Waals surface area contributed by atoms with Crippen molar-refractivity contribution in [3.05, 3.63) is 29.8 Å². The Labute approximate surface area is 119 Å². The molecule has 1 fully saturated rings. The lowest BCUT2D eigenvalue weighted by atomic mass is 10.2. The Morgan fingerprint density at radius 2 is 2.05 bits per heavy atom. The predicted octanol–water partition coefficient (Wildman–Crippen LogP) is -0.0371. The summed E-state index contributed by atoms with van der Waals surface area (Å²) in [5, 5.41) is 5.78. The minimum atomic E-state index is -3.47. The lowest BCUT2D eigenvalue weighted by Gasteiger charge is -2.12. The van der Waals surface area contributed by atoms with Crippen LogP contribution in [-0.2, 0) is 21.4 Å². The topological polar surface area (TPSA) is 87.3 Å². The Hall–Kier alpha value is -1.44. The van der Waals surface area contributed by atoms with Crippen LogP contribution in [0.15, 0.2) is 29.2 Å². The standard InChI is InChI=1S/C13H19N3O3S/c1-10(17)15-8-11-2-4-13(5-3-11)20(18,19)16-12-6-7-14-9-12/h2-5,12,14,16H,6-9H2,1H3,(H,15,17)/t12-/m1/s1. The Balaban J connectivity index is 2.02. The van der Waals surface area contributed by atoms with Gasteiger partial charge in [0.25, 0.3) is 0 Å². The summed E-state index contributed by atoms with van der Waals surface area (Å²) in [6.07, 6.45) is 0.805. The second kappa shape index (κ2) is 6.34. The van der Waals surface area contributed by atoms with Crippen molar-refractivity contribution < 1.29 is 13.2 Å². The summed E-state index contributed by atoms with van der Waals surface area (Å²) in [4.78, 5) is 11.1. The van der Waals surface area contributed by atoms with Crippen LogP contribution in [0.3, 0.4) is 0 Å². The molecule has 0 spiro atoms. The number of carbonyl (C=O) groups is 1. The molecule has 1 aromatic rings. The van der Waals surface area contributed by atoms with E-state index in [0.29, 0.717) is 13.1 Å². The van der Waals surface area contributed by atoms with Crippen molar-refractivity contribution in [3.63, 3.8) is 0 Å². The van der Waals surface area contributed by atoms with E-state index >= 15 is 0 Å². The molecule has 1 aliphatic rings. The molecular formula is C13H19N3O3S. The summed E-state index contributed by atoms with van der Waals surface area (Å²) in [5.74, 6) is -0.114. The van der Waals surface area contributed by atoms with Crippen molar-refractivity contribution in [1.29, 1.82) is 0 Å². The zero-order valence-corrected chi connectivity index (χ0v) is 12.2. The highest BCUT2D eigenvalue weighted by atomic mass is 32.2. The van der Waals surface area contributed by atoms with Crippen LogP contribution in [-0.4, -0.2) is 33.5 Å². The molecule has 1 aromatic carbocycles. The predicted molar refractivity (Wildman–Crippen MR) is 75.6 cm³/mol. The van der Waals surface area contributed by atoms with Crippen LogP contribution in [0.25, 0.3) is 0 Å². The van der Waals surface area contributed by atoms with E-state index in [1.807, 2.05) is 0 Å². The number of rotatable bonds is 5. The Bertz CT molecular complexity index is 563. The van der Waals surface area contributed by atoms with Gasteiger partial charge in [-0.3, -0.25) is 4.79 Å². The fraction of sp³-hybridized carbons (Fsp3) is 0.462. The third-order valence-electron chi connectivity index (χ3n) is 3.16. The van der Waals surface area contributed by atoms with Gasteiger partial charge in [0, 0.05) is 26.1 Å². The molecule has 2 rings (SSSR count). The Kier molecular flexibility index (Phi) is 4.74. The first-order chi connectivity index (χ1) is 9.47. The van der Waals surface area contributed by atoms with Crippen LogP contribution < -0.4 is 15.4 Å². The molecule has 1 atom stereocenters. The second-order valence-corrected chi connectivity index (χ2v) is 6.58. The molecule has 6 nitrogen and oxygen atoms in total. The Morgan fingerprint density at radius 3 is 2.60 bits per heavy atom. The van der Waals surface area contributed by atoms with Crippen LogP contribution in [0, 0.1) is 0 Å². The average molecular weight is 297 g/mol. The van der Waals surface area contributed by atoms with Crippen molar-refractivity contribution in [3.8, 4) is 0 Å². The van der Waals surface area contributed by atoms with Crippen LogP contribution in [0.4, 0.5) is 0 Å². The molecule has 3 N–H and O–H groups in total. The molecule has 1 saturated heterocycles. The van der Waals surface area contributed by atoms with E-state index in [0.717, 1.165) is 18.5 Å². The molecule has 0 aliphatic carbocycles.